The maximum Gasteiger partial charge on any atom is 0.334 e. The van der Waals surface area contributed by atoms with E-state index in [1.165, 1.54) is 17.7 Å². The first-order valence-electron chi connectivity index (χ1n) is 6.32. The highest BCUT2D eigenvalue weighted by Gasteiger charge is 2.32. The molecule has 2 atom stereocenters. The summed E-state index contributed by atoms with van der Waals surface area (Å²) >= 11 is 0. The minimum absolute atomic E-state index is 0.102. The SMILES string of the molecule is C[C@H](OCC1CC1)C(=O)N1CCO[C@H](C(=O)O)C1. The fourth-order valence-electron chi connectivity index (χ4n) is 1.89. The van der Waals surface area contributed by atoms with E-state index in [0.29, 0.717) is 19.1 Å². The van der Waals surface area contributed by atoms with Gasteiger partial charge in [-0.15, -0.1) is 0 Å². The normalized spacial score (nSPS) is 25.8. The van der Waals surface area contributed by atoms with Gasteiger partial charge in [0.15, 0.2) is 6.10 Å². The number of aliphatic carboxylic acids is 1. The molecule has 0 aromatic rings. The molecule has 0 bridgehead atoms. The van der Waals surface area contributed by atoms with Crippen molar-refractivity contribution in [2.75, 3.05) is 26.3 Å². The van der Waals surface area contributed by atoms with Gasteiger partial charge in [0.05, 0.1) is 19.8 Å². The van der Waals surface area contributed by atoms with E-state index in [1.807, 2.05) is 0 Å². The van der Waals surface area contributed by atoms with Crippen LogP contribution in [0.5, 0.6) is 0 Å². The van der Waals surface area contributed by atoms with Gasteiger partial charge in [-0.05, 0) is 25.7 Å². The zero-order valence-corrected chi connectivity index (χ0v) is 10.5. The number of hydrogen-bond donors (Lipinski definition) is 1. The Balaban J connectivity index is 1.80. The van der Waals surface area contributed by atoms with Crippen LogP contribution < -0.4 is 0 Å². The molecule has 0 aromatic heterocycles. The van der Waals surface area contributed by atoms with Crippen LogP contribution in [0.25, 0.3) is 0 Å². The standard InChI is InChI=1S/C12H19NO5/c1-8(18-7-9-2-3-9)11(14)13-4-5-17-10(6-13)12(15)16/h8-10H,2-7H2,1H3,(H,15,16)/t8-,10-/m0/s1. The van der Waals surface area contributed by atoms with Crippen LogP contribution in [-0.2, 0) is 19.1 Å². The number of carbonyl (C=O) groups excluding carboxylic acids is 1. The molecule has 2 fully saturated rings. The Labute approximate surface area is 106 Å². The van der Waals surface area contributed by atoms with Crippen LogP contribution in [0.15, 0.2) is 0 Å². The lowest BCUT2D eigenvalue weighted by Crippen LogP contribution is -2.51. The molecular formula is C12H19NO5. The molecule has 102 valence electrons. The second kappa shape index (κ2) is 5.67. The third kappa shape index (κ3) is 3.43. The van der Waals surface area contributed by atoms with Gasteiger partial charge in [0.2, 0.25) is 0 Å². The topological polar surface area (TPSA) is 76.1 Å². The number of hydrogen-bond acceptors (Lipinski definition) is 4. The summed E-state index contributed by atoms with van der Waals surface area (Å²) in [5.41, 5.74) is 0. The lowest BCUT2D eigenvalue weighted by molar-refractivity contribution is -0.163. The Kier molecular flexibility index (Phi) is 4.19. The van der Waals surface area contributed by atoms with Gasteiger partial charge < -0.3 is 19.5 Å². The highest BCUT2D eigenvalue weighted by molar-refractivity contribution is 5.82. The molecule has 6 heteroatoms. The number of ether oxygens (including phenoxy) is 2. The molecule has 0 spiro atoms. The van der Waals surface area contributed by atoms with E-state index in [0.717, 1.165) is 0 Å². The van der Waals surface area contributed by atoms with Crippen LogP contribution >= 0.6 is 0 Å². The minimum atomic E-state index is -1.03. The van der Waals surface area contributed by atoms with Crippen LogP contribution in [0, 0.1) is 5.92 Å². The Bertz CT molecular complexity index is 328. The zero-order chi connectivity index (χ0) is 13.1. The first-order chi connectivity index (χ1) is 8.58. The lowest BCUT2D eigenvalue weighted by Gasteiger charge is -2.32. The van der Waals surface area contributed by atoms with Crippen molar-refractivity contribution in [2.45, 2.75) is 32.0 Å². The molecule has 0 aromatic carbocycles. The van der Waals surface area contributed by atoms with E-state index in [4.69, 9.17) is 14.6 Å². The number of carboxylic acids is 1. The molecule has 0 radical (unpaired) electrons. The summed E-state index contributed by atoms with van der Waals surface area (Å²) in [5, 5.41) is 8.87. The summed E-state index contributed by atoms with van der Waals surface area (Å²) in [6, 6.07) is 0. The van der Waals surface area contributed by atoms with Gasteiger partial charge >= 0.3 is 5.97 Å². The molecular weight excluding hydrogens is 238 g/mol. The van der Waals surface area contributed by atoms with Gasteiger partial charge in [-0.3, -0.25) is 4.79 Å². The van der Waals surface area contributed by atoms with Gasteiger partial charge in [0.25, 0.3) is 5.91 Å². The molecule has 18 heavy (non-hydrogen) atoms. The van der Waals surface area contributed by atoms with Crippen molar-refractivity contribution < 1.29 is 24.2 Å². The second-order valence-electron chi connectivity index (χ2n) is 4.90. The van der Waals surface area contributed by atoms with E-state index in [2.05, 4.69) is 0 Å². The molecule has 0 unspecified atom stereocenters. The number of rotatable bonds is 5. The smallest absolute Gasteiger partial charge is 0.334 e. The van der Waals surface area contributed by atoms with Crippen molar-refractivity contribution in [3.05, 3.63) is 0 Å². The van der Waals surface area contributed by atoms with E-state index < -0.39 is 18.2 Å². The molecule has 1 N–H and O–H groups in total. The fraction of sp³-hybridized carbons (Fsp3) is 0.833. The first kappa shape index (κ1) is 13.3. The third-order valence-electron chi connectivity index (χ3n) is 3.28. The zero-order valence-electron chi connectivity index (χ0n) is 10.5. The van der Waals surface area contributed by atoms with Gasteiger partial charge in [-0.25, -0.2) is 4.79 Å². The third-order valence-corrected chi connectivity index (χ3v) is 3.28. The van der Waals surface area contributed by atoms with Crippen molar-refractivity contribution in [3.63, 3.8) is 0 Å². The Hall–Kier alpha value is -1.14. The fourth-order valence-corrected chi connectivity index (χ4v) is 1.89. The summed E-state index contributed by atoms with van der Waals surface area (Å²) < 4.78 is 10.6. The maximum atomic E-state index is 12.1. The van der Waals surface area contributed by atoms with E-state index in [-0.39, 0.29) is 19.1 Å². The Morgan fingerprint density at radius 2 is 2.22 bits per heavy atom. The van der Waals surface area contributed by atoms with Crippen molar-refractivity contribution >= 4 is 11.9 Å². The summed E-state index contributed by atoms with van der Waals surface area (Å²) in [4.78, 5) is 24.4. The van der Waals surface area contributed by atoms with Crippen molar-refractivity contribution in [3.8, 4) is 0 Å². The van der Waals surface area contributed by atoms with E-state index >= 15 is 0 Å². The van der Waals surface area contributed by atoms with Crippen LogP contribution in [0.3, 0.4) is 0 Å². The van der Waals surface area contributed by atoms with Gasteiger partial charge in [0, 0.05) is 6.54 Å². The minimum Gasteiger partial charge on any atom is -0.479 e. The number of carbonyl (C=O) groups is 2. The summed E-state index contributed by atoms with van der Waals surface area (Å²) in [5.74, 6) is -0.569. The van der Waals surface area contributed by atoms with E-state index in [9.17, 15) is 9.59 Å². The Morgan fingerprint density at radius 3 is 2.83 bits per heavy atom. The monoisotopic (exact) mass is 257 g/mol. The van der Waals surface area contributed by atoms with Crippen LogP contribution in [0.1, 0.15) is 19.8 Å². The molecule has 1 aliphatic heterocycles. The lowest BCUT2D eigenvalue weighted by atomic mass is 10.2. The molecule has 2 rings (SSSR count). The Morgan fingerprint density at radius 1 is 1.50 bits per heavy atom. The molecule has 1 aliphatic carbocycles. The summed E-state index contributed by atoms with van der Waals surface area (Å²) in [6.45, 7) is 3.14. The largest absolute Gasteiger partial charge is 0.479 e. The quantitative estimate of drug-likeness (QED) is 0.756. The van der Waals surface area contributed by atoms with Crippen molar-refractivity contribution in [1.29, 1.82) is 0 Å². The highest BCUT2D eigenvalue weighted by atomic mass is 16.5. The number of carboxylic acid groups (broad SMARTS) is 1. The van der Waals surface area contributed by atoms with Crippen LogP contribution in [0.2, 0.25) is 0 Å². The number of morpholine rings is 1. The van der Waals surface area contributed by atoms with E-state index in [1.54, 1.807) is 6.92 Å². The van der Waals surface area contributed by atoms with Crippen molar-refractivity contribution in [1.82, 2.24) is 4.90 Å². The average Bonchev–Trinajstić information content (AvgIpc) is 3.19. The number of amides is 1. The summed E-state index contributed by atoms with van der Waals surface area (Å²) in [7, 11) is 0. The molecule has 1 saturated carbocycles. The van der Waals surface area contributed by atoms with Gasteiger partial charge in [-0.2, -0.15) is 0 Å². The summed E-state index contributed by atoms with van der Waals surface area (Å²) in [6.07, 6.45) is 0.940. The molecule has 1 amide bonds. The maximum absolute atomic E-state index is 12.1. The second-order valence-corrected chi connectivity index (χ2v) is 4.90. The molecule has 1 heterocycles. The predicted octanol–water partition coefficient (Wildman–Crippen LogP) is 0.114. The predicted molar refractivity (Wildman–Crippen MR) is 62.1 cm³/mol. The van der Waals surface area contributed by atoms with Gasteiger partial charge in [0.1, 0.15) is 6.10 Å². The number of nitrogens with zero attached hydrogens (tertiary/aromatic N) is 1. The van der Waals surface area contributed by atoms with Crippen molar-refractivity contribution in [2.24, 2.45) is 5.92 Å². The average molecular weight is 257 g/mol. The molecule has 1 saturated heterocycles. The van der Waals surface area contributed by atoms with Gasteiger partial charge in [-0.1, -0.05) is 0 Å². The molecule has 6 nitrogen and oxygen atoms in total. The van der Waals surface area contributed by atoms with Crippen LogP contribution in [0.4, 0.5) is 0 Å². The van der Waals surface area contributed by atoms with Crippen LogP contribution in [-0.4, -0.2) is 60.4 Å². The first-order valence-corrected chi connectivity index (χ1v) is 6.32. The highest BCUT2D eigenvalue weighted by Crippen LogP contribution is 2.29. The molecule has 2 aliphatic rings.